The van der Waals surface area contributed by atoms with Crippen molar-refractivity contribution < 1.29 is 19.0 Å². The first-order valence-corrected chi connectivity index (χ1v) is 8.20. The molecule has 3 aromatic rings. The Balaban J connectivity index is 1.69. The third kappa shape index (κ3) is 4.55. The Morgan fingerprint density at radius 1 is 1.00 bits per heavy atom. The standard InChI is InChI=1S/C21H17FN2O3/c1-13-9-15(10-14(2)19(13)25)3-4-16-11-23-20(24-12-16)21(26)27-18-7-5-17(22)6-8-18/h3-12,25H,1-2H3/b4-3+. The van der Waals surface area contributed by atoms with Crippen LogP contribution in [-0.4, -0.2) is 21.0 Å². The van der Waals surface area contributed by atoms with Crippen molar-refractivity contribution in [2.75, 3.05) is 0 Å². The van der Waals surface area contributed by atoms with Gasteiger partial charge >= 0.3 is 5.97 Å². The number of ether oxygens (including phenoxy) is 1. The van der Waals surface area contributed by atoms with Crippen LogP contribution in [0.3, 0.4) is 0 Å². The number of carbonyl (C=O) groups excluding carboxylic acids is 1. The van der Waals surface area contributed by atoms with Gasteiger partial charge in [-0.3, -0.25) is 0 Å². The summed E-state index contributed by atoms with van der Waals surface area (Å²) in [6, 6.07) is 8.84. The van der Waals surface area contributed by atoms with Crippen LogP contribution in [0.5, 0.6) is 11.5 Å². The predicted octanol–water partition coefficient (Wildman–Crippen LogP) is 4.33. The molecule has 0 atom stereocenters. The Kier molecular flexibility index (Phi) is 5.26. The van der Waals surface area contributed by atoms with Gasteiger partial charge in [0.2, 0.25) is 5.82 Å². The van der Waals surface area contributed by atoms with E-state index in [1.165, 1.54) is 36.7 Å². The number of halogens is 1. The predicted molar refractivity (Wildman–Crippen MR) is 99.9 cm³/mol. The van der Waals surface area contributed by atoms with Crippen molar-refractivity contribution in [2.45, 2.75) is 13.8 Å². The number of hydrogen-bond acceptors (Lipinski definition) is 5. The lowest BCUT2D eigenvalue weighted by molar-refractivity contribution is 0.0721. The Morgan fingerprint density at radius 2 is 1.56 bits per heavy atom. The largest absolute Gasteiger partial charge is 0.507 e. The second kappa shape index (κ2) is 7.78. The van der Waals surface area contributed by atoms with Crippen LogP contribution in [0.15, 0.2) is 48.8 Å². The van der Waals surface area contributed by atoms with E-state index in [1.807, 2.05) is 32.1 Å². The van der Waals surface area contributed by atoms with Crippen LogP contribution >= 0.6 is 0 Å². The fourth-order valence-electron chi connectivity index (χ4n) is 2.46. The van der Waals surface area contributed by atoms with E-state index in [2.05, 4.69) is 9.97 Å². The second-order valence-electron chi connectivity index (χ2n) is 6.02. The van der Waals surface area contributed by atoms with Gasteiger partial charge in [0.1, 0.15) is 17.3 Å². The molecule has 1 N–H and O–H groups in total. The van der Waals surface area contributed by atoms with Crippen LogP contribution in [0.25, 0.3) is 12.2 Å². The zero-order valence-electron chi connectivity index (χ0n) is 14.8. The van der Waals surface area contributed by atoms with E-state index in [-0.39, 0.29) is 11.6 Å². The quantitative estimate of drug-likeness (QED) is 0.551. The highest BCUT2D eigenvalue weighted by Crippen LogP contribution is 2.24. The SMILES string of the molecule is Cc1cc(/C=C/c2cnc(C(=O)Oc3ccc(F)cc3)nc2)cc(C)c1O. The molecule has 0 radical (unpaired) electrons. The maximum Gasteiger partial charge on any atom is 0.381 e. The summed E-state index contributed by atoms with van der Waals surface area (Å²) in [4.78, 5) is 20.0. The number of rotatable bonds is 4. The normalized spacial score (nSPS) is 10.9. The first-order chi connectivity index (χ1) is 12.9. The molecule has 27 heavy (non-hydrogen) atoms. The van der Waals surface area contributed by atoms with Crippen LogP contribution in [0, 0.1) is 19.7 Å². The van der Waals surface area contributed by atoms with Crippen LogP contribution in [0.2, 0.25) is 0 Å². The highest BCUT2D eigenvalue weighted by molar-refractivity contribution is 5.87. The van der Waals surface area contributed by atoms with Gasteiger partial charge in [0.15, 0.2) is 0 Å². The minimum Gasteiger partial charge on any atom is -0.507 e. The van der Waals surface area contributed by atoms with Crippen molar-refractivity contribution in [1.82, 2.24) is 9.97 Å². The van der Waals surface area contributed by atoms with Gasteiger partial charge in [-0.2, -0.15) is 0 Å². The molecule has 5 nitrogen and oxygen atoms in total. The molecule has 0 aliphatic rings. The summed E-state index contributed by atoms with van der Waals surface area (Å²) >= 11 is 0. The van der Waals surface area contributed by atoms with Crippen LogP contribution in [-0.2, 0) is 0 Å². The molecule has 1 heterocycles. The molecule has 0 aliphatic carbocycles. The maximum atomic E-state index is 12.9. The van der Waals surface area contributed by atoms with E-state index in [1.54, 1.807) is 6.08 Å². The average molecular weight is 364 g/mol. The number of esters is 1. The van der Waals surface area contributed by atoms with Gasteiger partial charge in [-0.05, 0) is 66.9 Å². The van der Waals surface area contributed by atoms with E-state index < -0.39 is 11.8 Å². The number of aromatic nitrogens is 2. The molecule has 136 valence electrons. The smallest absolute Gasteiger partial charge is 0.381 e. The lowest BCUT2D eigenvalue weighted by Gasteiger charge is -2.05. The number of hydrogen-bond donors (Lipinski definition) is 1. The number of aryl methyl sites for hydroxylation is 2. The van der Waals surface area contributed by atoms with Crippen molar-refractivity contribution in [1.29, 1.82) is 0 Å². The molecule has 1 aromatic heterocycles. The Hall–Kier alpha value is -3.54. The molecule has 2 aromatic carbocycles. The minimum atomic E-state index is -0.720. The summed E-state index contributed by atoms with van der Waals surface area (Å²) < 4.78 is 18.0. The van der Waals surface area contributed by atoms with E-state index >= 15 is 0 Å². The number of phenolic OH excluding ortho intramolecular Hbond substituents is 1. The lowest BCUT2D eigenvalue weighted by atomic mass is 10.1. The number of aromatic hydroxyl groups is 1. The molecule has 0 saturated heterocycles. The summed E-state index contributed by atoms with van der Waals surface area (Å²) in [5, 5.41) is 9.81. The monoisotopic (exact) mass is 364 g/mol. The van der Waals surface area contributed by atoms with Gasteiger partial charge in [-0.1, -0.05) is 12.2 Å². The van der Waals surface area contributed by atoms with Gasteiger partial charge < -0.3 is 9.84 Å². The lowest BCUT2D eigenvalue weighted by Crippen LogP contribution is -2.12. The zero-order chi connectivity index (χ0) is 19.4. The number of carbonyl (C=O) groups is 1. The molecular weight excluding hydrogens is 347 g/mol. The van der Waals surface area contributed by atoms with Crippen molar-refractivity contribution in [3.05, 3.63) is 82.7 Å². The summed E-state index contributed by atoms with van der Waals surface area (Å²) in [6.45, 7) is 3.68. The Bertz CT molecular complexity index is 974. The third-order valence-corrected chi connectivity index (χ3v) is 3.86. The molecule has 0 fully saturated rings. The fraction of sp³-hybridized carbons (Fsp3) is 0.0952. The highest BCUT2D eigenvalue weighted by Gasteiger charge is 2.11. The molecule has 6 heteroatoms. The van der Waals surface area contributed by atoms with Crippen LogP contribution < -0.4 is 4.74 Å². The van der Waals surface area contributed by atoms with Crippen LogP contribution in [0.4, 0.5) is 4.39 Å². The van der Waals surface area contributed by atoms with E-state index in [9.17, 15) is 14.3 Å². The van der Waals surface area contributed by atoms with Gasteiger partial charge in [0, 0.05) is 18.0 Å². The first-order valence-electron chi connectivity index (χ1n) is 8.20. The highest BCUT2D eigenvalue weighted by atomic mass is 19.1. The molecular formula is C21H17FN2O3. The molecule has 0 amide bonds. The van der Waals surface area contributed by atoms with E-state index in [4.69, 9.17) is 4.74 Å². The van der Waals surface area contributed by atoms with Crippen molar-refractivity contribution in [3.63, 3.8) is 0 Å². The van der Waals surface area contributed by atoms with Crippen molar-refractivity contribution in [3.8, 4) is 11.5 Å². The van der Waals surface area contributed by atoms with Crippen molar-refractivity contribution in [2.24, 2.45) is 0 Å². The van der Waals surface area contributed by atoms with E-state index in [0.29, 0.717) is 11.3 Å². The molecule has 0 aliphatic heterocycles. The summed E-state index contributed by atoms with van der Waals surface area (Å²) in [5.74, 6) is -0.720. The first kappa shape index (κ1) is 18.3. The molecule has 3 rings (SSSR count). The van der Waals surface area contributed by atoms with Gasteiger partial charge in [-0.25, -0.2) is 19.2 Å². The van der Waals surface area contributed by atoms with Gasteiger partial charge in [-0.15, -0.1) is 0 Å². The molecule has 0 saturated carbocycles. The molecule has 0 bridgehead atoms. The minimum absolute atomic E-state index is 0.0900. The maximum absolute atomic E-state index is 12.9. The summed E-state index contributed by atoms with van der Waals surface area (Å²) in [5.41, 5.74) is 3.23. The van der Waals surface area contributed by atoms with E-state index in [0.717, 1.165) is 16.7 Å². The number of nitrogens with zero attached hydrogens (tertiary/aromatic N) is 2. The zero-order valence-corrected chi connectivity index (χ0v) is 14.8. The topological polar surface area (TPSA) is 72.3 Å². The van der Waals surface area contributed by atoms with Gasteiger partial charge in [0.05, 0.1) is 0 Å². The summed E-state index contributed by atoms with van der Waals surface area (Å²) in [6.07, 6.45) is 6.69. The Morgan fingerprint density at radius 3 is 2.15 bits per heavy atom. The second-order valence-corrected chi connectivity index (χ2v) is 6.02. The fourth-order valence-corrected chi connectivity index (χ4v) is 2.46. The number of benzene rings is 2. The average Bonchev–Trinajstić information content (AvgIpc) is 2.66. The summed E-state index contributed by atoms with van der Waals surface area (Å²) in [7, 11) is 0. The van der Waals surface area contributed by atoms with Gasteiger partial charge in [0.25, 0.3) is 0 Å². The van der Waals surface area contributed by atoms with Crippen molar-refractivity contribution >= 4 is 18.1 Å². The molecule has 0 spiro atoms. The number of phenols is 1. The third-order valence-electron chi connectivity index (χ3n) is 3.86. The Labute approximate surface area is 155 Å². The molecule has 0 unspecified atom stereocenters. The van der Waals surface area contributed by atoms with Crippen LogP contribution in [0.1, 0.15) is 32.9 Å².